The number of sulfonamides is 1. The number of hydrogen-bond donors (Lipinski definition) is 1. The van der Waals surface area contributed by atoms with Gasteiger partial charge in [0.1, 0.15) is 0 Å². The van der Waals surface area contributed by atoms with Gasteiger partial charge in [0.05, 0.1) is 22.2 Å². The summed E-state index contributed by atoms with van der Waals surface area (Å²) >= 11 is 6.16. The van der Waals surface area contributed by atoms with Crippen LogP contribution in [0.1, 0.15) is 27.2 Å². The molecule has 0 bridgehead atoms. The second-order valence-corrected chi connectivity index (χ2v) is 8.53. The van der Waals surface area contributed by atoms with Gasteiger partial charge in [-0.1, -0.05) is 32.4 Å². The third-order valence-electron chi connectivity index (χ3n) is 3.27. The smallest absolute Gasteiger partial charge is 0.235 e. The summed E-state index contributed by atoms with van der Waals surface area (Å²) in [4.78, 5) is 12.0. The molecular weight excluding hydrogens is 312 g/mol. The van der Waals surface area contributed by atoms with Gasteiger partial charge in [0.2, 0.25) is 15.9 Å². The number of amides is 1. The van der Waals surface area contributed by atoms with Gasteiger partial charge in [0.25, 0.3) is 0 Å². The number of nitrogens with one attached hydrogen (secondary N) is 1. The standard InChI is InChI=1S/C14H19ClN2O3S/c1-14(2,3)13(18)16-12-6-5-10(9-11(12)15)17-7-4-8-21(17,19)20/h5-6,9H,4,7-8H2,1-3H3,(H,16,18). The molecule has 21 heavy (non-hydrogen) atoms. The van der Waals surface area contributed by atoms with Crippen LogP contribution < -0.4 is 9.62 Å². The van der Waals surface area contributed by atoms with Crippen LogP contribution in [0.5, 0.6) is 0 Å². The Kier molecular flexibility index (Phi) is 4.22. The molecule has 116 valence electrons. The number of anilines is 2. The van der Waals surface area contributed by atoms with Crippen LogP contribution in [0.25, 0.3) is 0 Å². The van der Waals surface area contributed by atoms with Crippen molar-refractivity contribution in [3.8, 4) is 0 Å². The SMILES string of the molecule is CC(C)(C)C(=O)Nc1ccc(N2CCCS2(=O)=O)cc1Cl. The van der Waals surface area contributed by atoms with E-state index in [0.717, 1.165) is 0 Å². The van der Waals surface area contributed by atoms with Gasteiger partial charge in [0, 0.05) is 12.0 Å². The maximum absolute atomic E-state index is 12.0. The van der Waals surface area contributed by atoms with E-state index in [9.17, 15) is 13.2 Å². The Morgan fingerprint density at radius 2 is 2.00 bits per heavy atom. The third-order valence-corrected chi connectivity index (χ3v) is 5.45. The molecule has 1 amide bonds. The fourth-order valence-electron chi connectivity index (χ4n) is 2.00. The van der Waals surface area contributed by atoms with Crippen LogP contribution in [0.15, 0.2) is 18.2 Å². The number of halogens is 1. The second kappa shape index (κ2) is 5.50. The van der Waals surface area contributed by atoms with Crippen molar-refractivity contribution in [2.75, 3.05) is 21.9 Å². The van der Waals surface area contributed by atoms with Crippen LogP contribution in [0.4, 0.5) is 11.4 Å². The fraction of sp³-hybridized carbons (Fsp3) is 0.500. The normalized spacial score (nSPS) is 17.8. The Balaban J connectivity index is 2.24. The largest absolute Gasteiger partial charge is 0.324 e. The van der Waals surface area contributed by atoms with Gasteiger partial charge in [-0.3, -0.25) is 9.10 Å². The number of carbonyl (C=O) groups is 1. The molecule has 0 saturated carbocycles. The molecule has 1 aliphatic rings. The fourth-order valence-corrected chi connectivity index (χ4v) is 3.78. The minimum Gasteiger partial charge on any atom is -0.324 e. The van der Waals surface area contributed by atoms with Crippen molar-refractivity contribution >= 4 is 38.9 Å². The van der Waals surface area contributed by atoms with Gasteiger partial charge in [-0.05, 0) is 24.6 Å². The molecule has 0 atom stereocenters. The van der Waals surface area contributed by atoms with Crippen LogP contribution in [-0.2, 0) is 14.8 Å². The topological polar surface area (TPSA) is 66.5 Å². The molecule has 0 spiro atoms. The van der Waals surface area contributed by atoms with Gasteiger partial charge in [-0.25, -0.2) is 8.42 Å². The molecule has 1 fully saturated rings. The summed E-state index contributed by atoms with van der Waals surface area (Å²) in [5.41, 5.74) is 0.489. The minimum absolute atomic E-state index is 0.147. The lowest BCUT2D eigenvalue weighted by Crippen LogP contribution is -2.28. The van der Waals surface area contributed by atoms with Gasteiger partial charge in [-0.2, -0.15) is 0 Å². The predicted molar refractivity (Wildman–Crippen MR) is 85.3 cm³/mol. The van der Waals surface area contributed by atoms with Crippen molar-refractivity contribution in [3.63, 3.8) is 0 Å². The highest BCUT2D eigenvalue weighted by Gasteiger charge is 2.29. The van der Waals surface area contributed by atoms with E-state index in [1.807, 2.05) is 0 Å². The molecule has 1 aliphatic heterocycles. The maximum Gasteiger partial charge on any atom is 0.235 e. The number of rotatable bonds is 2. The lowest BCUT2D eigenvalue weighted by molar-refractivity contribution is -0.123. The Labute approximate surface area is 130 Å². The van der Waals surface area contributed by atoms with Gasteiger partial charge in [0.15, 0.2) is 0 Å². The van der Waals surface area contributed by atoms with Crippen LogP contribution >= 0.6 is 11.6 Å². The van der Waals surface area contributed by atoms with E-state index >= 15 is 0 Å². The Morgan fingerprint density at radius 3 is 2.48 bits per heavy atom. The second-order valence-electron chi connectivity index (χ2n) is 6.11. The van der Waals surface area contributed by atoms with E-state index in [4.69, 9.17) is 11.6 Å². The van der Waals surface area contributed by atoms with Crippen LogP contribution in [-0.4, -0.2) is 26.6 Å². The Bertz CT molecular complexity index is 665. The Hall–Kier alpha value is -1.27. The van der Waals surface area contributed by atoms with Crippen molar-refractivity contribution in [1.29, 1.82) is 0 Å². The van der Waals surface area contributed by atoms with Gasteiger partial charge in [-0.15, -0.1) is 0 Å². The molecule has 0 aromatic heterocycles. The van der Waals surface area contributed by atoms with Crippen molar-refractivity contribution in [2.45, 2.75) is 27.2 Å². The molecule has 1 N–H and O–H groups in total. The first-order valence-electron chi connectivity index (χ1n) is 6.73. The lowest BCUT2D eigenvalue weighted by atomic mass is 9.95. The highest BCUT2D eigenvalue weighted by atomic mass is 35.5. The number of nitrogens with zero attached hydrogens (tertiary/aromatic N) is 1. The summed E-state index contributed by atoms with van der Waals surface area (Å²) < 4.78 is 25.1. The number of hydrogen-bond acceptors (Lipinski definition) is 3. The van der Waals surface area contributed by atoms with Crippen LogP contribution in [0.3, 0.4) is 0 Å². The monoisotopic (exact) mass is 330 g/mol. The molecule has 7 heteroatoms. The number of benzene rings is 1. The first-order valence-corrected chi connectivity index (χ1v) is 8.71. The summed E-state index contributed by atoms with van der Waals surface area (Å²) in [6.07, 6.45) is 0.614. The zero-order valence-corrected chi connectivity index (χ0v) is 13.9. The van der Waals surface area contributed by atoms with Crippen molar-refractivity contribution in [2.24, 2.45) is 5.41 Å². The summed E-state index contributed by atoms with van der Waals surface area (Å²) in [6, 6.07) is 4.87. The lowest BCUT2D eigenvalue weighted by Gasteiger charge is -2.20. The summed E-state index contributed by atoms with van der Waals surface area (Å²) in [6.45, 7) is 5.89. The molecule has 1 heterocycles. The number of carbonyl (C=O) groups excluding carboxylic acids is 1. The summed E-state index contributed by atoms with van der Waals surface area (Å²) in [5.74, 6) is 0.0126. The predicted octanol–water partition coefficient (Wildman–Crippen LogP) is 2.86. The van der Waals surface area contributed by atoms with E-state index < -0.39 is 15.4 Å². The summed E-state index contributed by atoms with van der Waals surface area (Å²) in [7, 11) is -3.23. The molecule has 0 unspecified atom stereocenters. The zero-order valence-electron chi connectivity index (χ0n) is 12.3. The van der Waals surface area contributed by atoms with E-state index in [-0.39, 0.29) is 11.7 Å². The molecular formula is C14H19ClN2O3S. The van der Waals surface area contributed by atoms with Crippen molar-refractivity contribution in [3.05, 3.63) is 23.2 Å². The van der Waals surface area contributed by atoms with E-state index in [1.54, 1.807) is 39.0 Å². The maximum atomic E-state index is 12.0. The van der Waals surface area contributed by atoms with Crippen LogP contribution in [0.2, 0.25) is 5.02 Å². The molecule has 1 aromatic rings. The van der Waals surface area contributed by atoms with Gasteiger partial charge < -0.3 is 5.32 Å². The Morgan fingerprint density at radius 1 is 1.33 bits per heavy atom. The quantitative estimate of drug-likeness (QED) is 0.906. The zero-order chi connectivity index (χ0) is 15.8. The van der Waals surface area contributed by atoms with Crippen LogP contribution in [0, 0.1) is 5.41 Å². The summed E-state index contributed by atoms with van der Waals surface area (Å²) in [5, 5.41) is 3.08. The van der Waals surface area contributed by atoms with Crippen molar-refractivity contribution in [1.82, 2.24) is 0 Å². The average molecular weight is 331 g/mol. The molecule has 1 saturated heterocycles. The molecule has 1 aromatic carbocycles. The third kappa shape index (κ3) is 3.49. The molecule has 0 aliphatic carbocycles. The first kappa shape index (κ1) is 16.1. The first-order chi connectivity index (χ1) is 9.61. The minimum atomic E-state index is -3.23. The van der Waals surface area contributed by atoms with E-state index in [0.29, 0.717) is 29.4 Å². The highest BCUT2D eigenvalue weighted by Crippen LogP contribution is 2.31. The van der Waals surface area contributed by atoms with E-state index in [1.165, 1.54) is 4.31 Å². The molecule has 2 rings (SSSR count). The highest BCUT2D eigenvalue weighted by molar-refractivity contribution is 7.93. The van der Waals surface area contributed by atoms with E-state index in [2.05, 4.69) is 5.32 Å². The average Bonchev–Trinajstić information content (AvgIpc) is 2.70. The molecule has 0 radical (unpaired) electrons. The molecule has 5 nitrogen and oxygen atoms in total. The van der Waals surface area contributed by atoms with Crippen molar-refractivity contribution < 1.29 is 13.2 Å². The van der Waals surface area contributed by atoms with Gasteiger partial charge >= 0.3 is 0 Å².